The third-order valence-electron chi connectivity index (χ3n) is 3.14. The number of hydrogen-bond donors (Lipinski definition) is 1. The van der Waals surface area contributed by atoms with Gasteiger partial charge in [0.15, 0.2) is 11.6 Å². The van der Waals surface area contributed by atoms with Gasteiger partial charge in [-0.05, 0) is 19.1 Å². The summed E-state index contributed by atoms with van der Waals surface area (Å²) in [5.41, 5.74) is -0.0730. The van der Waals surface area contributed by atoms with E-state index in [9.17, 15) is 13.9 Å². The van der Waals surface area contributed by atoms with E-state index in [4.69, 9.17) is 9.47 Å². The fourth-order valence-corrected chi connectivity index (χ4v) is 2.13. The fourth-order valence-electron chi connectivity index (χ4n) is 2.13. The maximum atomic E-state index is 14.1. The molecule has 1 aromatic carbocycles. The van der Waals surface area contributed by atoms with Gasteiger partial charge in [0.1, 0.15) is 11.6 Å². The Balaban J connectivity index is 2.35. The summed E-state index contributed by atoms with van der Waals surface area (Å²) in [7, 11) is 1.37. The molecule has 0 saturated carbocycles. The van der Waals surface area contributed by atoms with Gasteiger partial charge in [-0.15, -0.1) is 0 Å². The number of halogens is 2. The highest BCUT2D eigenvalue weighted by Gasteiger charge is 2.21. The van der Waals surface area contributed by atoms with Crippen LogP contribution < -0.4 is 4.74 Å². The maximum absolute atomic E-state index is 14.1. The SMILES string of the molecule is CCOCC(O)Cn1ccnc1-c1c(OC)ccc(F)c1F. The first kappa shape index (κ1) is 16.4. The van der Waals surface area contributed by atoms with E-state index in [-0.39, 0.29) is 30.3 Å². The Morgan fingerprint density at radius 1 is 1.36 bits per heavy atom. The number of ether oxygens (including phenoxy) is 2. The van der Waals surface area contributed by atoms with Crippen molar-refractivity contribution in [1.82, 2.24) is 9.55 Å². The number of aromatic nitrogens is 2. The van der Waals surface area contributed by atoms with Crippen molar-refractivity contribution < 1.29 is 23.4 Å². The van der Waals surface area contributed by atoms with Gasteiger partial charge in [-0.2, -0.15) is 0 Å². The molecule has 0 saturated heterocycles. The molecule has 1 N–H and O–H groups in total. The summed E-state index contributed by atoms with van der Waals surface area (Å²) >= 11 is 0. The molecule has 2 rings (SSSR count). The molecule has 1 aromatic heterocycles. The second kappa shape index (κ2) is 7.33. The van der Waals surface area contributed by atoms with Gasteiger partial charge < -0.3 is 19.1 Å². The zero-order chi connectivity index (χ0) is 16.1. The van der Waals surface area contributed by atoms with E-state index in [0.29, 0.717) is 6.61 Å². The Kier molecular flexibility index (Phi) is 5.46. The lowest BCUT2D eigenvalue weighted by atomic mass is 10.1. The molecule has 0 aliphatic heterocycles. The van der Waals surface area contributed by atoms with Crippen molar-refractivity contribution in [2.75, 3.05) is 20.3 Å². The summed E-state index contributed by atoms with van der Waals surface area (Å²) in [4.78, 5) is 4.05. The number of imidazole rings is 1. The molecule has 1 unspecified atom stereocenters. The van der Waals surface area contributed by atoms with E-state index in [2.05, 4.69) is 4.98 Å². The molecular weight excluding hydrogens is 294 g/mol. The van der Waals surface area contributed by atoms with Gasteiger partial charge in [-0.1, -0.05) is 0 Å². The smallest absolute Gasteiger partial charge is 0.173 e. The molecule has 0 aliphatic rings. The molecule has 1 heterocycles. The predicted octanol–water partition coefficient (Wildman–Crippen LogP) is 2.23. The lowest BCUT2D eigenvalue weighted by molar-refractivity contribution is 0.0337. The Morgan fingerprint density at radius 2 is 2.14 bits per heavy atom. The summed E-state index contributed by atoms with van der Waals surface area (Å²) in [5.74, 6) is -1.67. The molecule has 7 heteroatoms. The minimum absolute atomic E-state index is 0.0730. The van der Waals surface area contributed by atoms with Gasteiger partial charge in [0.25, 0.3) is 0 Å². The van der Waals surface area contributed by atoms with Crippen molar-refractivity contribution in [1.29, 1.82) is 0 Å². The van der Waals surface area contributed by atoms with Crippen molar-refractivity contribution in [2.45, 2.75) is 19.6 Å². The second-order valence-electron chi connectivity index (χ2n) is 4.66. The van der Waals surface area contributed by atoms with Crippen molar-refractivity contribution in [3.8, 4) is 17.1 Å². The Labute approximate surface area is 127 Å². The first-order valence-electron chi connectivity index (χ1n) is 6.87. The summed E-state index contributed by atoms with van der Waals surface area (Å²) in [6.45, 7) is 2.61. The molecule has 0 spiro atoms. The Hall–Kier alpha value is -1.99. The third-order valence-corrected chi connectivity index (χ3v) is 3.14. The standard InChI is InChI=1S/C15H18F2N2O3/c1-3-22-9-10(20)8-19-7-6-18-15(19)13-12(21-2)5-4-11(16)14(13)17/h4-7,10,20H,3,8-9H2,1-2H3. The first-order valence-corrected chi connectivity index (χ1v) is 6.87. The van der Waals surface area contributed by atoms with Gasteiger partial charge in [0, 0.05) is 19.0 Å². The van der Waals surface area contributed by atoms with Gasteiger partial charge >= 0.3 is 0 Å². The minimum atomic E-state index is -1.04. The minimum Gasteiger partial charge on any atom is -0.496 e. The number of benzene rings is 1. The number of methoxy groups -OCH3 is 1. The van der Waals surface area contributed by atoms with Crippen molar-refractivity contribution in [3.05, 3.63) is 36.2 Å². The molecule has 0 radical (unpaired) electrons. The van der Waals surface area contributed by atoms with Crippen LogP contribution in [0.25, 0.3) is 11.4 Å². The van der Waals surface area contributed by atoms with Crippen LogP contribution in [0, 0.1) is 11.6 Å². The average Bonchev–Trinajstić information content (AvgIpc) is 2.95. The number of hydrogen-bond acceptors (Lipinski definition) is 4. The van der Waals surface area contributed by atoms with Crippen LogP contribution in [0.1, 0.15) is 6.92 Å². The van der Waals surface area contributed by atoms with E-state index in [1.165, 1.54) is 23.9 Å². The molecule has 0 fully saturated rings. The summed E-state index contributed by atoms with van der Waals surface area (Å²) in [6, 6.07) is 2.33. The number of nitrogens with zero attached hydrogens (tertiary/aromatic N) is 2. The van der Waals surface area contributed by atoms with E-state index in [0.717, 1.165) is 6.07 Å². The van der Waals surface area contributed by atoms with Gasteiger partial charge in [0.2, 0.25) is 0 Å². The third kappa shape index (κ3) is 3.42. The van der Waals surface area contributed by atoms with Crippen LogP contribution >= 0.6 is 0 Å². The number of aliphatic hydroxyl groups is 1. The van der Waals surface area contributed by atoms with Crippen LogP contribution in [0.4, 0.5) is 8.78 Å². The highest BCUT2D eigenvalue weighted by molar-refractivity contribution is 5.65. The van der Waals surface area contributed by atoms with Crippen LogP contribution in [0.5, 0.6) is 5.75 Å². The number of aliphatic hydroxyl groups excluding tert-OH is 1. The van der Waals surface area contributed by atoms with Crippen LogP contribution in [0.2, 0.25) is 0 Å². The molecule has 120 valence electrons. The molecule has 0 bridgehead atoms. The summed E-state index contributed by atoms with van der Waals surface area (Å²) < 4.78 is 39.4. The number of rotatable bonds is 7. The van der Waals surface area contributed by atoms with Crippen LogP contribution in [-0.4, -0.2) is 41.1 Å². The van der Waals surface area contributed by atoms with Crippen molar-refractivity contribution in [3.63, 3.8) is 0 Å². The van der Waals surface area contributed by atoms with Crippen LogP contribution in [0.15, 0.2) is 24.5 Å². The second-order valence-corrected chi connectivity index (χ2v) is 4.66. The Bertz CT molecular complexity index is 631. The molecule has 22 heavy (non-hydrogen) atoms. The molecule has 0 amide bonds. The quantitative estimate of drug-likeness (QED) is 0.852. The van der Waals surface area contributed by atoms with E-state index in [1.54, 1.807) is 6.20 Å². The van der Waals surface area contributed by atoms with E-state index in [1.807, 2.05) is 6.92 Å². The highest BCUT2D eigenvalue weighted by atomic mass is 19.2. The lowest BCUT2D eigenvalue weighted by Gasteiger charge is -2.15. The van der Waals surface area contributed by atoms with Crippen LogP contribution in [-0.2, 0) is 11.3 Å². The van der Waals surface area contributed by atoms with E-state index >= 15 is 0 Å². The highest BCUT2D eigenvalue weighted by Crippen LogP contribution is 2.32. The lowest BCUT2D eigenvalue weighted by Crippen LogP contribution is -2.22. The predicted molar refractivity (Wildman–Crippen MR) is 76.6 cm³/mol. The summed E-state index contributed by atoms with van der Waals surface area (Å²) in [6.07, 6.45) is 2.25. The fraction of sp³-hybridized carbons (Fsp3) is 0.400. The zero-order valence-electron chi connectivity index (χ0n) is 12.4. The topological polar surface area (TPSA) is 56.5 Å². The van der Waals surface area contributed by atoms with Gasteiger partial charge in [0.05, 0.1) is 31.9 Å². The first-order chi connectivity index (χ1) is 10.6. The van der Waals surface area contributed by atoms with Gasteiger partial charge in [-0.3, -0.25) is 0 Å². The molecule has 5 nitrogen and oxygen atoms in total. The Morgan fingerprint density at radius 3 is 2.82 bits per heavy atom. The molecule has 2 aromatic rings. The zero-order valence-corrected chi connectivity index (χ0v) is 12.4. The molecular formula is C15H18F2N2O3. The summed E-state index contributed by atoms with van der Waals surface area (Å²) in [5, 5.41) is 9.90. The van der Waals surface area contributed by atoms with Gasteiger partial charge in [-0.25, -0.2) is 13.8 Å². The van der Waals surface area contributed by atoms with Crippen molar-refractivity contribution >= 4 is 0 Å². The van der Waals surface area contributed by atoms with E-state index < -0.39 is 17.7 Å². The monoisotopic (exact) mass is 312 g/mol. The largest absolute Gasteiger partial charge is 0.496 e. The van der Waals surface area contributed by atoms with Crippen molar-refractivity contribution in [2.24, 2.45) is 0 Å². The normalized spacial score (nSPS) is 12.4. The maximum Gasteiger partial charge on any atom is 0.173 e. The van der Waals surface area contributed by atoms with Crippen LogP contribution in [0.3, 0.4) is 0 Å². The molecule has 0 aliphatic carbocycles. The average molecular weight is 312 g/mol. The molecule has 1 atom stereocenters.